The number of aliphatic carboxylic acids is 1. The maximum Gasteiger partial charge on any atom is 0.448 e. The number of alkyl halides is 12. The maximum atomic E-state index is 13.5. The largest absolute Gasteiger partial charge is 0.478 e. The van der Waals surface area contributed by atoms with Gasteiger partial charge in [0, 0.05) is 29.6 Å². The number of carbonyl (C=O) groups is 1. The van der Waals surface area contributed by atoms with Crippen LogP contribution in [0.3, 0.4) is 0 Å². The molecule has 0 aromatic heterocycles. The predicted octanol–water partition coefficient (Wildman–Crippen LogP) is 2.62. The predicted molar refractivity (Wildman–Crippen MR) is 46.0 cm³/mol. The summed E-state index contributed by atoms with van der Waals surface area (Å²) in [6.07, 6.45) is -20.8. The average molecular weight is 398 g/mol. The molecule has 1 saturated heterocycles. The molecular formula is C7HF12NNaO3. The minimum Gasteiger partial charge on any atom is -0.478 e. The Balaban J connectivity index is 0.00000529. The van der Waals surface area contributed by atoms with E-state index in [4.69, 9.17) is 5.11 Å². The standard InChI is InChI=1S/C7HF12NO3.Na/c8-2(1(21)22,3(9,10)11)20-4(12,13)6(16,17)23-7(18,19)5(20,14)15;/h(H,21,22);. The Kier molecular flexibility index (Phi) is 5.68. The molecule has 0 aromatic rings. The Morgan fingerprint density at radius 2 is 1.12 bits per heavy atom. The number of rotatable bonds is 2. The molecule has 0 spiro atoms. The molecule has 17 heteroatoms. The number of carboxylic acid groups (broad SMARTS) is 1. The molecule has 137 valence electrons. The van der Waals surface area contributed by atoms with Gasteiger partial charge in [-0.25, -0.2) is 13.9 Å². The van der Waals surface area contributed by atoms with Gasteiger partial charge in [0.1, 0.15) is 0 Å². The third-order valence-corrected chi connectivity index (χ3v) is 2.49. The number of nitrogens with zero attached hydrogens (tertiary/aromatic N) is 1. The van der Waals surface area contributed by atoms with Crippen molar-refractivity contribution in [1.29, 1.82) is 0 Å². The molecule has 1 aliphatic rings. The van der Waals surface area contributed by atoms with Crippen molar-refractivity contribution < 1.29 is 67.3 Å². The van der Waals surface area contributed by atoms with E-state index in [9.17, 15) is 57.5 Å². The van der Waals surface area contributed by atoms with Crippen molar-refractivity contribution in [2.24, 2.45) is 0 Å². The second kappa shape index (κ2) is 5.78. The van der Waals surface area contributed by atoms with Crippen molar-refractivity contribution in [2.45, 2.75) is 36.3 Å². The summed E-state index contributed by atoms with van der Waals surface area (Å²) in [6.45, 7) is 0. The van der Waals surface area contributed by atoms with Crippen LogP contribution in [-0.2, 0) is 9.53 Å². The summed E-state index contributed by atoms with van der Waals surface area (Å²) < 4.78 is 156. The Hall–Kier alpha value is -0.450. The molecule has 0 aliphatic carbocycles. The summed E-state index contributed by atoms with van der Waals surface area (Å²) in [5.74, 6) is -11.2. The van der Waals surface area contributed by atoms with E-state index in [2.05, 4.69) is 0 Å². The van der Waals surface area contributed by atoms with E-state index in [1.54, 1.807) is 4.74 Å². The van der Waals surface area contributed by atoms with Crippen molar-refractivity contribution >= 4 is 35.5 Å². The second-order valence-electron chi connectivity index (χ2n) is 3.98. The second-order valence-corrected chi connectivity index (χ2v) is 3.98. The van der Waals surface area contributed by atoms with Crippen LogP contribution in [0.1, 0.15) is 0 Å². The van der Waals surface area contributed by atoms with Crippen LogP contribution in [0.25, 0.3) is 0 Å². The Labute approximate surface area is 144 Å². The van der Waals surface area contributed by atoms with Crippen LogP contribution in [0.4, 0.5) is 52.7 Å². The van der Waals surface area contributed by atoms with Crippen molar-refractivity contribution in [2.75, 3.05) is 0 Å². The molecule has 24 heavy (non-hydrogen) atoms. The fourth-order valence-electron chi connectivity index (χ4n) is 1.45. The van der Waals surface area contributed by atoms with Gasteiger partial charge in [0.25, 0.3) is 0 Å². The van der Waals surface area contributed by atoms with E-state index in [1.807, 2.05) is 0 Å². The van der Waals surface area contributed by atoms with Gasteiger partial charge in [-0.2, -0.15) is 48.3 Å². The van der Waals surface area contributed by atoms with Crippen molar-refractivity contribution in [1.82, 2.24) is 4.90 Å². The number of morpholine rings is 1. The van der Waals surface area contributed by atoms with E-state index in [-0.39, 0.29) is 29.6 Å². The first-order valence-electron chi connectivity index (χ1n) is 4.77. The number of hydrogen-bond donors (Lipinski definition) is 1. The molecule has 1 aliphatic heterocycles. The smallest absolute Gasteiger partial charge is 0.448 e. The Morgan fingerprint density at radius 1 is 0.833 bits per heavy atom. The van der Waals surface area contributed by atoms with Crippen molar-refractivity contribution in [3.8, 4) is 0 Å². The molecule has 1 radical (unpaired) electrons. The molecule has 0 amide bonds. The van der Waals surface area contributed by atoms with Crippen LogP contribution in [0.15, 0.2) is 0 Å². The van der Waals surface area contributed by atoms with Gasteiger partial charge in [0.05, 0.1) is 0 Å². The normalized spacial score (nSPS) is 27.7. The Morgan fingerprint density at radius 3 is 1.33 bits per heavy atom. The molecule has 1 rings (SSSR count). The molecule has 1 unspecified atom stereocenters. The van der Waals surface area contributed by atoms with Crippen LogP contribution in [0.2, 0.25) is 0 Å². The molecule has 4 nitrogen and oxygen atoms in total. The van der Waals surface area contributed by atoms with Crippen LogP contribution < -0.4 is 0 Å². The average Bonchev–Trinajstić information content (AvgIpc) is 2.22. The zero-order chi connectivity index (χ0) is 18.9. The SMILES string of the molecule is O=C(O)C(F)(N1C(F)(F)C(F)(F)OC(F)(F)C1(F)F)C(F)(F)F.[Na]. The zero-order valence-corrected chi connectivity index (χ0v) is 12.7. The maximum absolute atomic E-state index is 13.5. The fraction of sp³-hybridized carbons (Fsp3) is 0.857. The third-order valence-electron chi connectivity index (χ3n) is 2.49. The summed E-state index contributed by atoms with van der Waals surface area (Å²) in [5, 5.41) is 7.99. The summed E-state index contributed by atoms with van der Waals surface area (Å²) in [5.41, 5.74) is 0. The van der Waals surface area contributed by atoms with Gasteiger partial charge in [-0.15, -0.1) is 4.90 Å². The first-order valence-corrected chi connectivity index (χ1v) is 4.77. The van der Waals surface area contributed by atoms with E-state index < -0.39 is 47.1 Å². The number of halogens is 12. The van der Waals surface area contributed by atoms with Crippen LogP contribution in [0, 0.1) is 0 Å². The fourth-order valence-corrected chi connectivity index (χ4v) is 1.45. The topological polar surface area (TPSA) is 49.8 Å². The number of carboxylic acids is 1. The summed E-state index contributed by atoms with van der Waals surface area (Å²) in [6, 6.07) is -14.2. The van der Waals surface area contributed by atoms with E-state index in [1.165, 1.54) is 0 Å². The van der Waals surface area contributed by atoms with E-state index >= 15 is 0 Å². The van der Waals surface area contributed by atoms with Gasteiger partial charge < -0.3 is 5.11 Å². The van der Waals surface area contributed by atoms with Gasteiger partial charge in [-0.3, -0.25) is 0 Å². The van der Waals surface area contributed by atoms with Crippen molar-refractivity contribution in [3.63, 3.8) is 0 Å². The van der Waals surface area contributed by atoms with Gasteiger partial charge in [0.15, 0.2) is 0 Å². The molecule has 0 bridgehead atoms. The first kappa shape index (κ1) is 23.5. The molecule has 1 atom stereocenters. The quantitative estimate of drug-likeness (QED) is 0.442. The number of hydrogen-bond acceptors (Lipinski definition) is 3. The third kappa shape index (κ3) is 2.85. The van der Waals surface area contributed by atoms with E-state index in [0.717, 1.165) is 0 Å². The van der Waals surface area contributed by atoms with Gasteiger partial charge in [-0.1, -0.05) is 0 Å². The van der Waals surface area contributed by atoms with Gasteiger partial charge in [0.2, 0.25) is 0 Å². The molecule has 0 saturated carbocycles. The molecule has 1 heterocycles. The van der Waals surface area contributed by atoms with Gasteiger partial charge in [-0.05, 0) is 0 Å². The van der Waals surface area contributed by atoms with Crippen LogP contribution in [0.5, 0.6) is 0 Å². The summed E-state index contributed by atoms with van der Waals surface area (Å²) in [4.78, 5) is 6.47. The van der Waals surface area contributed by atoms with E-state index in [0.29, 0.717) is 0 Å². The minimum absolute atomic E-state index is 0. The monoisotopic (exact) mass is 398 g/mol. The summed E-state index contributed by atoms with van der Waals surface area (Å²) in [7, 11) is 0. The number of ether oxygens (including phenoxy) is 1. The first-order chi connectivity index (χ1) is 9.77. The molecular weight excluding hydrogens is 397 g/mol. The molecule has 1 N–H and O–H groups in total. The molecule has 0 aromatic carbocycles. The zero-order valence-electron chi connectivity index (χ0n) is 10.7. The minimum atomic E-state index is -7.24. The Bertz CT molecular complexity index is 495. The van der Waals surface area contributed by atoms with Crippen LogP contribution >= 0.6 is 0 Å². The summed E-state index contributed by atoms with van der Waals surface area (Å²) >= 11 is 0. The van der Waals surface area contributed by atoms with Crippen molar-refractivity contribution in [3.05, 3.63) is 0 Å². The van der Waals surface area contributed by atoms with Gasteiger partial charge >= 0.3 is 42.2 Å². The van der Waals surface area contributed by atoms with Crippen LogP contribution in [-0.4, -0.2) is 81.8 Å². The molecule has 1 fully saturated rings.